The van der Waals surface area contributed by atoms with Crippen molar-refractivity contribution in [1.29, 1.82) is 0 Å². The van der Waals surface area contributed by atoms with E-state index in [-0.39, 0.29) is 11.8 Å². The van der Waals surface area contributed by atoms with Crippen LogP contribution in [0.1, 0.15) is 29.5 Å². The van der Waals surface area contributed by atoms with Crippen molar-refractivity contribution in [2.75, 3.05) is 11.4 Å². The second-order valence-corrected chi connectivity index (χ2v) is 6.42. The van der Waals surface area contributed by atoms with Crippen LogP contribution in [0.15, 0.2) is 23.3 Å². The van der Waals surface area contributed by atoms with Gasteiger partial charge in [-0.3, -0.25) is 14.5 Å². The molecule has 0 saturated carbocycles. The van der Waals surface area contributed by atoms with Crippen LogP contribution < -0.4 is 10.3 Å². The quantitative estimate of drug-likeness (QED) is 0.872. The summed E-state index contributed by atoms with van der Waals surface area (Å²) < 4.78 is 0. The summed E-state index contributed by atoms with van der Waals surface area (Å²) in [4.78, 5) is 30.4. The number of pyridine rings is 1. The Kier molecular flexibility index (Phi) is 3.33. The Morgan fingerprint density at radius 1 is 1.17 bits per heavy atom. The lowest BCUT2D eigenvalue weighted by molar-refractivity contribution is -0.121. The first-order chi connectivity index (χ1) is 11.5. The minimum absolute atomic E-state index is 0.150. The van der Waals surface area contributed by atoms with E-state index in [4.69, 9.17) is 4.98 Å². The molecule has 0 radical (unpaired) electrons. The number of hydrazone groups is 1. The molecule has 6 nitrogen and oxygen atoms in total. The number of anilines is 1. The summed E-state index contributed by atoms with van der Waals surface area (Å²) in [6.07, 6.45) is 1.47. The molecule has 0 atom stereocenters. The standard InChI is InChI=1S/C18H18N4O2/c1-10-7-11(2)13-9-12-5-6-22(17(12)19-15(13)8-10)18(24)14-3-4-16(23)21-20-14/h7-9H,3-6H2,1-2H3,(H,21,23). The van der Waals surface area contributed by atoms with Crippen molar-refractivity contribution in [3.63, 3.8) is 0 Å². The first kappa shape index (κ1) is 14.8. The van der Waals surface area contributed by atoms with E-state index in [0.717, 1.165) is 34.3 Å². The molecule has 0 bridgehead atoms. The number of rotatable bonds is 1. The van der Waals surface area contributed by atoms with E-state index in [1.54, 1.807) is 4.90 Å². The van der Waals surface area contributed by atoms with Gasteiger partial charge in [-0.25, -0.2) is 10.4 Å². The zero-order valence-electron chi connectivity index (χ0n) is 13.7. The second kappa shape index (κ2) is 5.40. The maximum absolute atomic E-state index is 12.7. The molecule has 2 aliphatic rings. The van der Waals surface area contributed by atoms with E-state index in [0.29, 0.717) is 25.1 Å². The van der Waals surface area contributed by atoms with E-state index in [1.807, 2.05) is 13.0 Å². The highest BCUT2D eigenvalue weighted by atomic mass is 16.2. The van der Waals surface area contributed by atoms with Gasteiger partial charge in [-0.1, -0.05) is 6.07 Å². The lowest BCUT2D eigenvalue weighted by Crippen LogP contribution is -2.39. The number of hydrogen-bond acceptors (Lipinski definition) is 4. The van der Waals surface area contributed by atoms with Crippen molar-refractivity contribution < 1.29 is 9.59 Å². The number of fused-ring (bicyclic) bond motifs is 2. The number of benzene rings is 1. The molecule has 2 aromatic rings. The van der Waals surface area contributed by atoms with Crippen LogP contribution in [0, 0.1) is 13.8 Å². The monoisotopic (exact) mass is 322 g/mol. The third kappa shape index (κ3) is 2.35. The van der Waals surface area contributed by atoms with Gasteiger partial charge in [0.1, 0.15) is 11.5 Å². The lowest BCUT2D eigenvalue weighted by Gasteiger charge is -2.19. The number of amides is 2. The molecule has 24 heavy (non-hydrogen) atoms. The molecular weight excluding hydrogens is 304 g/mol. The Bertz CT molecular complexity index is 917. The van der Waals surface area contributed by atoms with Crippen LogP contribution in [0.3, 0.4) is 0 Å². The van der Waals surface area contributed by atoms with Gasteiger partial charge >= 0.3 is 0 Å². The summed E-state index contributed by atoms with van der Waals surface area (Å²) in [6, 6.07) is 6.33. The molecule has 6 heteroatoms. The Morgan fingerprint density at radius 3 is 2.75 bits per heavy atom. The normalized spacial score (nSPS) is 16.8. The smallest absolute Gasteiger partial charge is 0.275 e. The van der Waals surface area contributed by atoms with Crippen molar-refractivity contribution in [2.45, 2.75) is 33.1 Å². The molecule has 1 N–H and O–H groups in total. The molecule has 2 aliphatic heterocycles. The molecule has 2 amide bonds. The maximum atomic E-state index is 12.7. The summed E-state index contributed by atoms with van der Waals surface area (Å²) in [7, 11) is 0. The van der Waals surface area contributed by atoms with Crippen molar-refractivity contribution in [2.24, 2.45) is 5.10 Å². The van der Waals surface area contributed by atoms with Crippen LogP contribution in [-0.2, 0) is 16.0 Å². The molecule has 0 saturated heterocycles. The van der Waals surface area contributed by atoms with Crippen LogP contribution in [0.2, 0.25) is 0 Å². The van der Waals surface area contributed by atoms with Gasteiger partial charge < -0.3 is 0 Å². The first-order valence-electron chi connectivity index (χ1n) is 8.11. The van der Waals surface area contributed by atoms with Crippen molar-refractivity contribution in [3.8, 4) is 0 Å². The fraction of sp³-hybridized carbons (Fsp3) is 0.333. The third-order valence-electron chi connectivity index (χ3n) is 4.60. The summed E-state index contributed by atoms with van der Waals surface area (Å²) in [5, 5.41) is 5.05. The predicted molar refractivity (Wildman–Crippen MR) is 92.1 cm³/mol. The van der Waals surface area contributed by atoms with E-state index in [2.05, 4.69) is 29.6 Å². The number of nitrogens with zero attached hydrogens (tertiary/aromatic N) is 3. The van der Waals surface area contributed by atoms with E-state index < -0.39 is 0 Å². The molecule has 0 fully saturated rings. The fourth-order valence-corrected chi connectivity index (χ4v) is 3.40. The van der Waals surface area contributed by atoms with Crippen LogP contribution in [0.4, 0.5) is 5.82 Å². The second-order valence-electron chi connectivity index (χ2n) is 6.42. The average molecular weight is 322 g/mol. The van der Waals surface area contributed by atoms with Crippen LogP contribution in [0.5, 0.6) is 0 Å². The molecule has 122 valence electrons. The van der Waals surface area contributed by atoms with Crippen LogP contribution >= 0.6 is 0 Å². The van der Waals surface area contributed by atoms with Gasteiger partial charge in [-0.05, 0) is 49.1 Å². The van der Waals surface area contributed by atoms with Gasteiger partial charge in [0.2, 0.25) is 5.91 Å². The minimum atomic E-state index is -0.162. The van der Waals surface area contributed by atoms with Gasteiger partial charge in [0.15, 0.2) is 0 Å². The number of aromatic nitrogens is 1. The Labute approximate surface area is 139 Å². The third-order valence-corrected chi connectivity index (χ3v) is 4.60. The highest BCUT2D eigenvalue weighted by molar-refractivity contribution is 6.44. The lowest BCUT2D eigenvalue weighted by atomic mass is 10.0. The van der Waals surface area contributed by atoms with E-state index in [9.17, 15) is 9.59 Å². The molecule has 1 aromatic heterocycles. The van der Waals surface area contributed by atoms with Gasteiger partial charge in [-0.15, -0.1) is 0 Å². The number of carbonyl (C=O) groups is 2. The largest absolute Gasteiger partial charge is 0.291 e. The zero-order chi connectivity index (χ0) is 16.8. The van der Waals surface area contributed by atoms with Gasteiger partial charge in [0.05, 0.1) is 5.52 Å². The molecule has 1 aromatic carbocycles. The van der Waals surface area contributed by atoms with Crippen molar-refractivity contribution >= 4 is 34.2 Å². The Hall–Kier alpha value is -2.76. The van der Waals surface area contributed by atoms with E-state index >= 15 is 0 Å². The van der Waals surface area contributed by atoms with Crippen molar-refractivity contribution in [1.82, 2.24) is 10.4 Å². The highest BCUT2D eigenvalue weighted by Crippen LogP contribution is 2.31. The molecule has 3 heterocycles. The summed E-state index contributed by atoms with van der Waals surface area (Å²) in [6.45, 7) is 4.73. The van der Waals surface area contributed by atoms with Crippen molar-refractivity contribution in [3.05, 3.63) is 34.9 Å². The summed E-state index contributed by atoms with van der Waals surface area (Å²) in [5.74, 6) is 0.408. The predicted octanol–water partition coefficient (Wildman–Crippen LogP) is 2.01. The first-order valence-corrected chi connectivity index (χ1v) is 8.11. The van der Waals surface area contributed by atoms with E-state index in [1.165, 1.54) is 5.56 Å². The summed E-state index contributed by atoms with van der Waals surface area (Å²) >= 11 is 0. The zero-order valence-corrected chi connectivity index (χ0v) is 13.7. The van der Waals surface area contributed by atoms with Crippen LogP contribution in [0.25, 0.3) is 10.9 Å². The van der Waals surface area contributed by atoms with Crippen LogP contribution in [-0.4, -0.2) is 29.1 Å². The van der Waals surface area contributed by atoms with Gasteiger partial charge in [0.25, 0.3) is 5.91 Å². The SMILES string of the molecule is Cc1cc(C)c2cc3c(nc2c1)N(C(=O)C1=NNC(=O)CC1)CC3. The number of aryl methyl sites for hydroxylation is 2. The molecule has 0 aliphatic carbocycles. The molecular formula is C18H18N4O2. The number of nitrogens with one attached hydrogen (secondary N) is 1. The average Bonchev–Trinajstić information content (AvgIpc) is 2.96. The topological polar surface area (TPSA) is 74.7 Å². The Morgan fingerprint density at radius 2 is 2.00 bits per heavy atom. The summed E-state index contributed by atoms with van der Waals surface area (Å²) in [5.41, 5.74) is 7.13. The number of hydrogen-bond donors (Lipinski definition) is 1. The molecule has 0 unspecified atom stereocenters. The minimum Gasteiger partial charge on any atom is -0.291 e. The van der Waals surface area contributed by atoms with Gasteiger partial charge in [0, 0.05) is 24.8 Å². The number of carbonyl (C=O) groups excluding carboxylic acids is 2. The Balaban J connectivity index is 1.74. The maximum Gasteiger partial charge on any atom is 0.275 e. The highest BCUT2D eigenvalue weighted by Gasteiger charge is 2.31. The molecule has 4 rings (SSSR count). The van der Waals surface area contributed by atoms with Gasteiger partial charge in [-0.2, -0.15) is 5.10 Å². The molecule has 0 spiro atoms. The fourth-order valence-electron chi connectivity index (χ4n) is 3.40.